The number of aryl methyl sites for hydroxylation is 1. The van der Waals surface area contributed by atoms with Crippen LogP contribution in [0.4, 0.5) is 0 Å². The molecule has 3 rings (SSSR count). The van der Waals surface area contributed by atoms with Crippen molar-refractivity contribution >= 4 is 15.9 Å². The summed E-state index contributed by atoms with van der Waals surface area (Å²) in [4.78, 5) is 15.4. The summed E-state index contributed by atoms with van der Waals surface area (Å²) in [5, 5.41) is 2.96. The van der Waals surface area contributed by atoms with Crippen molar-refractivity contribution in [3.05, 3.63) is 29.3 Å². The van der Waals surface area contributed by atoms with Crippen LogP contribution in [0.25, 0.3) is 0 Å². The lowest BCUT2D eigenvalue weighted by Crippen LogP contribution is -2.41. The predicted octanol–water partition coefficient (Wildman–Crippen LogP) is 2.65. The third-order valence-corrected chi connectivity index (χ3v) is 8.38. The summed E-state index contributed by atoms with van der Waals surface area (Å²) in [6, 6.07) is 5.68. The quantitative estimate of drug-likeness (QED) is 0.584. The monoisotopic (exact) mass is 451 g/mol. The second kappa shape index (κ2) is 11.4. The van der Waals surface area contributed by atoms with Crippen molar-refractivity contribution < 1.29 is 17.9 Å². The van der Waals surface area contributed by atoms with E-state index >= 15 is 0 Å². The van der Waals surface area contributed by atoms with Gasteiger partial charge >= 0.3 is 0 Å². The molecule has 1 amide bonds. The van der Waals surface area contributed by atoms with E-state index in [0.717, 1.165) is 24.9 Å². The second-order valence-corrected chi connectivity index (χ2v) is 10.4. The van der Waals surface area contributed by atoms with Crippen molar-refractivity contribution in [3.8, 4) is 0 Å². The lowest BCUT2D eigenvalue weighted by Gasteiger charge is -2.33. The normalized spacial score (nSPS) is 21.2. The Morgan fingerprint density at radius 1 is 1.16 bits per heavy atom. The average Bonchev–Trinajstić information content (AvgIpc) is 2.80. The van der Waals surface area contributed by atoms with E-state index < -0.39 is 10.0 Å². The molecule has 31 heavy (non-hydrogen) atoms. The van der Waals surface area contributed by atoms with E-state index in [4.69, 9.17) is 4.74 Å². The number of unbranched alkanes of at least 4 members (excludes halogenated alkanes) is 1. The highest BCUT2D eigenvalue weighted by atomic mass is 32.2. The molecule has 0 spiro atoms. The zero-order valence-electron chi connectivity index (χ0n) is 18.9. The van der Waals surface area contributed by atoms with Crippen LogP contribution in [0.2, 0.25) is 0 Å². The van der Waals surface area contributed by atoms with Crippen molar-refractivity contribution in [1.82, 2.24) is 14.5 Å². The number of nitrogens with one attached hydrogen (secondary N) is 1. The van der Waals surface area contributed by atoms with Gasteiger partial charge in [0.1, 0.15) is 0 Å². The van der Waals surface area contributed by atoms with Crippen molar-refractivity contribution in [1.29, 1.82) is 0 Å². The Balaban J connectivity index is 1.56. The van der Waals surface area contributed by atoms with E-state index in [9.17, 15) is 13.2 Å². The van der Waals surface area contributed by atoms with Gasteiger partial charge in [0.15, 0.2) is 0 Å². The maximum atomic E-state index is 13.2. The van der Waals surface area contributed by atoms with E-state index in [0.29, 0.717) is 50.9 Å². The first-order chi connectivity index (χ1) is 14.9. The van der Waals surface area contributed by atoms with Gasteiger partial charge in [-0.15, -0.1) is 0 Å². The minimum absolute atomic E-state index is 0.215. The SMILES string of the molecule is CCc1ccc(C(=O)NCCCCN2CCCCC2C)cc1S(=O)(=O)N1CCOCC1. The summed E-state index contributed by atoms with van der Waals surface area (Å²) in [7, 11) is -3.64. The first kappa shape index (κ1) is 24.2. The summed E-state index contributed by atoms with van der Waals surface area (Å²) < 4.78 is 33.0. The van der Waals surface area contributed by atoms with Gasteiger partial charge in [-0.2, -0.15) is 4.31 Å². The molecule has 0 saturated carbocycles. The van der Waals surface area contributed by atoms with Crippen molar-refractivity contribution in [3.63, 3.8) is 0 Å². The topological polar surface area (TPSA) is 79.0 Å². The third kappa shape index (κ3) is 6.28. The fraction of sp³-hybridized carbons (Fsp3) is 0.696. The molecule has 0 aliphatic carbocycles. The van der Waals surface area contributed by atoms with Crippen LogP contribution in [-0.2, 0) is 21.2 Å². The number of carbonyl (C=O) groups is 1. The molecule has 0 bridgehead atoms. The molecule has 2 aliphatic rings. The van der Waals surface area contributed by atoms with Crippen molar-refractivity contribution in [2.24, 2.45) is 0 Å². The van der Waals surface area contributed by atoms with E-state index in [1.54, 1.807) is 12.1 Å². The lowest BCUT2D eigenvalue weighted by atomic mass is 10.0. The number of nitrogens with zero attached hydrogens (tertiary/aromatic N) is 2. The highest BCUT2D eigenvalue weighted by Crippen LogP contribution is 2.23. The van der Waals surface area contributed by atoms with E-state index in [-0.39, 0.29) is 10.8 Å². The maximum absolute atomic E-state index is 13.2. The third-order valence-electron chi connectivity index (χ3n) is 6.40. The fourth-order valence-corrected chi connectivity index (χ4v) is 6.12. The summed E-state index contributed by atoms with van der Waals surface area (Å²) in [5.41, 5.74) is 1.13. The van der Waals surface area contributed by atoms with Gasteiger partial charge in [0.25, 0.3) is 5.91 Å². The first-order valence-electron chi connectivity index (χ1n) is 11.7. The number of carbonyl (C=O) groups excluding carboxylic acids is 1. The highest BCUT2D eigenvalue weighted by molar-refractivity contribution is 7.89. The number of ether oxygens (including phenoxy) is 1. The van der Waals surface area contributed by atoms with Crippen LogP contribution in [0.3, 0.4) is 0 Å². The summed E-state index contributed by atoms with van der Waals surface area (Å²) in [6.45, 7) is 8.56. The second-order valence-electron chi connectivity index (χ2n) is 8.54. The number of likely N-dealkylation sites (tertiary alicyclic amines) is 1. The van der Waals surface area contributed by atoms with Gasteiger partial charge in [0, 0.05) is 31.2 Å². The highest BCUT2D eigenvalue weighted by Gasteiger charge is 2.29. The molecular weight excluding hydrogens is 414 g/mol. The Bertz CT molecular complexity index is 837. The van der Waals surface area contributed by atoms with Crippen molar-refractivity contribution in [2.45, 2.75) is 63.3 Å². The van der Waals surface area contributed by atoms with Crippen molar-refractivity contribution in [2.75, 3.05) is 45.9 Å². The van der Waals surface area contributed by atoms with Crippen LogP contribution in [0.5, 0.6) is 0 Å². The summed E-state index contributed by atoms with van der Waals surface area (Å²) in [6.07, 6.45) is 6.45. The molecule has 1 atom stereocenters. The van der Waals surface area contributed by atoms with E-state index in [1.165, 1.54) is 36.2 Å². The van der Waals surface area contributed by atoms with E-state index in [2.05, 4.69) is 17.1 Å². The molecule has 174 valence electrons. The van der Waals surface area contributed by atoms with Gasteiger partial charge in [-0.3, -0.25) is 4.79 Å². The van der Waals surface area contributed by atoms with Gasteiger partial charge in [-0.25, -0.2) is 8.42 Å². The number of hydrogen-bond acceptors (Lipinski definition) is 5. The molecule has 1 aromatic carbocycles. The molecule has 2 fully saturated rings. The number of hydrogen-bond donors (Lipinski definition) is 1. The zero-order chi connectivity index (χ0) is 22.3. The van der Waals surface area contributed by atoms with Crippen LogP contribution in [-0.4, -0.2) is 75.5 Å². The molecule has 1 N–H and O–H groups in total. The predicted molar refractivity (Wildman–Crippen MR) is 122 cm³/mol. The fourth-order valence-electron chi connectivity index (χ4n) is 4.39. The Labute approximate surface area is 187 Å². The molecule has 2 aliphatic heterocycles. The van der Waals surface area contributed by atoms with Crippen LogP contribution >= 0.6 is 0 Å². The smallest absolute Gasteiger partial charge is 0.251 e. The van der Waals surface area contributed by atoms with Gasteiger partial charge in [-0.05, 0) is 69.8 Å². The van der Waals surface area contributed by atoms with Crippen LogP contribution in [0, 0.1) is 0 Å². The molecule has 0 radical (unpaired) electrons. The number of rotatable bonds is 9. The molecule has 1 aromatic rings. The molecule has 2 saturated heterocycles. The summed E-state index contributed by atoms with van der Waals surface area (Å²) >= 11 is 0. The maximum Gasteiger partial charge on any atom is 0.251 e. The molecule has 7 nitrogen and oxygen atoms in total. The Hall–Kier alpha value is -1.48. The van der Waals surface area contributed by atoms with Gasteiger partial charge < -0.3 is 15.0 Å². The minimum atomic E-state index is -3.64. The van der Waals surface area contributed by atoms with Gasteiger partial charge in [-0.1, -0.05) is 19.4 Å². The molecular formula is C23H37N3O4S. The van der Waals surface area contributed by atoms with Crippen LogP contribution in [0.1, 0.15) is 61.9 Å². The Morgan fingerprint density at radius 2 is 1.94 bits per heavy atom. The summed E-state index contributed by atoms with van der Waals surface area (Å²) in [5.74, 6) is -0.215. The standard InChI is InChI=1S/C23H37N3O4S/c1-3-20-9-10-21(18-22(20)31(28,29)26-14-16-30-17-15-26)23(27)24-11-5-7-13-25-12-6-4-8-19(25)2/h9-10,18-19H,3-8,11-17H2,1-2H3,(H,24,27). The number of morpholine rings is 1. The van der Waals surface area contributed by atoms with E-state index in [1.807, 2.05) is 6.92 Å². The number of sulfonamides is 1. The average molecular weight is 452 g/mol. The first-order valence-corrected chi connectivity index (χ1v) is 13.1. The molecule has 0 aromatic heterocycles. The number of piperidine rings is 1. The Kier molecular flexibility index (Phi) is 8.89. The lowest BCUT2D eigenvalue weighted by molar-refractivity contribution is 0.0730. The zero-order valence-corrected chi connectivity index (χ0v) is 19.8. The molecule has 8 heteroatoms. The van der Waals surface area contributed by atoms with Crippen LogP contribution < -0.4 is 5.32 Å². The number of amides is 1. The minimum Gasteiger partial charge on any atom is -0.379 e. The van der Waals surface area contributed by atoms with Crippen LogP contribution in [0.15, 0.2) is 23.1 Å². The largest absolute Gasteiger partial charge is 0.379 e. The number of benzene rings is 1. The van der Waals surface area contributed by atoms with Gasteiger partial charge in [0.2, 0.25) is 10.0 Å². The van der Waals surface area contributed by atoms with Gasteiger partial charge in [0.05, 0.1) is 18.1 Å². The Morgan fingerprint density at radius 3 is 2.65 bits per heavy atom. The molecule has 1 unspecified atom stereocenters. The molecule has 2 heterocycles.